The molecule has 0 atom stereocenters. The molecule has 0 bridgehead atoms. The van der Waals surface area contributed by atoms with Crippen molar-refractivity contribution in [2.45, 2.75) is 31.1 Å². The Kier molecular flexibility index (Phi) is 4.76. The number of hydrogen-bond donors (Lipinski definition) is 1. The zero-order valence-corrected chi connectivity index (χ0v) is 14.9. The standard InChI is InChI=1S/C16H17Cl2NO2S/c1-16(2,3)11-4-7-13(8-5-11)22(20,21)19-12-6-9-14(17)15(18)10-12/h4-10,19H,1-3H3. The summed E-state index contributed by atoms with van der Waals surface area (Å²) in [6.07, 6.45) is 0. The summed E-state index contributed by atoms with van der Waals surface area (Å²) < 4.78 is 27.2. The zero-order valence-electron chi connectivity index (χ0n) is 12.5. The van der Waals surface area contributed by atoms with Crippen LogP contribution in [0.5, 0.6) is 0 Å². The van der Waals surface area contributed by atoms with Crippen molar-refractivity contribution >= 4 is 38.9 Å². The highest BCUT2D eigenvalue weighted by Gasteiger charge is 2.18. The predicted molar refractivity (Wildman–Crippen MR) is 92.4 cm³/mol. The Labute approximate surface area is 141 Å². The minimum Gasteiger partial charge on any atom is -0.280 e. The summed E-state index contributed by atoms with van der Waals surface area (Å²) in [7, 11) is -3.66. The van der Waals surface area contributed by atoms with Gasteiger partial charge >= 0.3 is 0 Å². The highest BCUT2D eigenvalue weighted by molar-refractivity contribution is 7.92. The molecule has 118 valence electrons. The molecule has 0 aromatic heterocycles. The van der Waals surface area contributed by atoms with E-state index in [1.807, 2.05) is 12.1 Å². The third-order valence-corrected chi connectivity index (χ3v) is 5.34. The molecule has 0 saturated heterocycles. The van der Waals surface area contributed by atoms with E-state index in [9.17, 15) is 8.42 Å². The van der Waals surface area contributed by atoms with Crippen molar-refractivity contribution in [1.29, 1.82) is 0 Å². The van der Waals surface area contributed by atoms with Crippen LogP contribution in [-0.4, -0.2) is 8.42 Å². The van der Waals surface area contributed by atoms with Crippen LogP contribution in [0.4, 0.5) is 5.69 Å². The summed E-state index contributed by atoms with van der Waals surface area (Å²) in [6.45, 7) is 6.22. The van der Waals surface area contributed by atoms with Gasteiger partial charge in [0.25, 0.3) is 10.0 Å². The predicted octanol–water partition coefficient (Wildman–Crippen LogP) is 5.09. The van der Waals surface area contributed by atoms with Gasteiger partial charge < -0.3 is 0 Å². The van der Waals surface area contributed by atoms with Crippen molar-refractivity contribution in [1.82, 2.24) is 0 Å². The highest BCUT2D eigenvalue weighted by atomic mass is 35.5. The average Bonchev–Trinajstić information content (AvgIpc) is 2.42. The molecule has 0 aliphatic heterocycles. The number of sulfonamides is 1. The van der Waals surface area contributed by atoms with E-state index in [0.29, 0.717) is 15.7 Å². The second kappa shape index (κ2) is 6.11. The topological polar surface area (TPSA) is 46.2 Å². The molecular weight excluding hydrogens is 341 g/mol. The Balaban J connectivity index is 2.28. The number of hydrogen-bond acceptors (Lipinski definition) is 2. The molecule has 2 aromatic carbocycles. The van der Waals surface area contributed by atoms with Gasteiger partial charge in [-0.05, 0) is 41.3 Å². The lowest BCUT2D eigenvalue weighted by atomic mass is 9.87. The minimum absolute atomic E-state index is 0.0283. The molecule has 0 unspecified atom stereocenters. The molecule has 0 radical (unpaired) electrons. The van der Waals surface area contributed by atoms with E-state index in [0.717, 1.165) is 5.56 Å². The molecule has 0 aliphatic rings. The molecular formula is C16H17Cl2NO2S. The second-order valence-corrected chi connectivity index (χ2v) is 8.51. The summed E-state index contributed by atoms with van der Waals surface area (Å²) in [5.41, 5.74) is 1.41. The Bertz CT molecular complexity index is 779. The molecule has 0 amide bonds. The Morgan fingerprint density at radius 2 is 1.50 bits per heavy atom. The molecule has 0 saturated carbocycles. The molecule has 1 N–H and O–H groups in total. The van der Waals surface area contributed by atoms with Crippen molar-refractivity contribution < 1.29 is 8.42 Å². The first-order chi connectivity index (χ1) is 10.1. The van der Waals surface area contributed by atoms with E-state index in [-0.39, 0.29) is 10.3 Å². The van der Waals surface area contributed by atoms with Crippen LogP contribution in [0.2, 0.25) is 10.0 Å². The molecule has 3 nitrogen and oxygen atoms in total. The molecule has 0 aliphatic carbocycles. The van der Waals surface area contributed by atoms with Crippen LogP contribution >= 0.6 is 23.2 Å². The van der Waals surface area contributed by atoms with Crippen molar-refractivity contribution in [2.24, 2.45) is 0 Å². The molecule has 2 rings (SSSR count). The van der Waals surface area contributed by atoms with Crippen molar-refractivity contribution in [2.75, 3.05) is 4.72 Å². The van der Waals surface area contributed by atoms with Gasteiger partial charge in [0.05, 0.1) is 20.6 Å². The van der Waals surface area contributed by atoms with Gasteiger partial charge in [0.15, 0.2) is 0 Å². The lowest BCUT2D eigenvalue weighted by Crippen LogP contribution is -2.14. The first kappa shape index (κ1) is 17.1. The average molecular weight is 358 g/mol. The number of anilines is 1. The second-order valence-electron chi connectivity index (χ2n) is 6.01. The van der Waals surface area contributed by atoms with Crippen LogP contribution in [-0.2, 0) is 15.4 Å². The summed E-state index contributed by atoms with van der Waals surface area (Å²) in [4.78, 5) is 0.201. The minimum atomic E-state index is -3.66. The summed E-state index contributed by atoms with van der Waals surface area (Å²) >= 11 is 11.7. The van der Waals surface area contributed by atoms with Gasteiger partial charge in [-0.15, -0.1) is 0 Å². The van der Waals surface area contributed by atoms with Gasteiger partial charge in [0.2, 0.25) is 0 Å². The normalized spacial score (nSPS) is 12.2. The third kappa shape index (κ3) is 3.94. The van der Waals surface area contributed by atoms with Gasteiger partial charge in [-0.2, -0.15) is 0 Å². The first-order valence-electron chi connectivity index (χ1n) is 6.68. The van der Waals surface area contributed by atoms with E-state index in [2.05, 4.69) is 25.5 Å². The van der Waals surface area contributed by atoms with Crippen molar-refractivity contribution in [3.8, 4) is 0 Å². The SMILES string of the molecule is CC(C)(C)c1ccc(S(=O)(=O)Nc2ccc(Cl)c(Cl)c2)cc1. The van der Waals surface area contributed by atoms with E-state index in [1.165, 1.54) is 6.07 Å². The quantitative estimate of drug-likeness (QED) is 0.831. The molecule has 0 spiro atoms. The van der Waals surface area contributed by atoms with Gasteiger partial charge in [-0.1, -0.05) is 56.1 Å². The fraction of sp³-hybridized carbons (Fsp3) is 0.250. The summed E-state index contributed by atoms with van der Waals surface area (Å²) in [6, 6.07) is 11.4. The van der Waals surface area contributed by atoms with Crippen LogP contribution in [0, 0.1) is 0 Å². The van der Waals surface area contributed by atoms with E-state index < -0.39 is 10.0 Å². The van der Waals surface area contributed by atoms with E-state index in [4.69, 9.17) is 23.2 Å². The molecule has 22 heavy (non-hydrogen) atoms. The van der Waals surface area contributed by atoms with Gasteiger partial charge in [0, 0.05) is 0 Å². The maximum absolute atomic E-state index is 12.4. The maximum Gasteiger partial charge on any atom is 0.261 e. The smallest absolute Gasteiger partial charge is 0.261 e. The molecule has 6 heteroatoms. The third-order valence-electron chi connectivity index (χ3n) is 3.20. The van der Waals surface area contributed by atoms with E-state index in [1.54, 1.807) is 24.3 Å². The van der Waals surface area contributed by atoms with Crippen LogP contribution in [0.15, 0.2) is 47.4 Å². The Morgan fingerprint density at radius 3 is 2.00 bits per heavy atom. The lowest BCUT2D eigenvalue weighted by Gasteiger charge is -2.19. The Morgan fingerprint density at radius 1 is 0.909 bits per heavy atom. The van der Waals surface area contributed by atoms with E-state index >= 15 is 0 Å². The highest BCUT2D eigenvalue weighted by Crippen LogP contribution is 2.27. The maximum atomic E-state index is 12.4. The molecule has 0 heterocycles. The van der Waals surface area contributed by atoms with Crippen molar-refractivity contribution in [3.63, 3.8) is 0 Å². The summed E-state index contributed by atoms with van der Waals surface area (Å²) in [5, 5.41) is 0.670. The first-order valence-corrected chi connectivity index (χ1v) is 8.92. The lowest BCUT2D eigenvalue weighted by molar-refractivity contribution is 0.587. The van der Waals surface area contributed by atoms with Crippen molar-refractivity contribution in [3.05, 3.63) is 58.1 Å². The molecule has 0 fully saturated rings. The van der Waals surface area contributed by atoms with Crippen LogP contribution < -0.4 is 4.72 Å². The van der Waals surface area contributed by atoms with Gasteiger partial charge in [-0.3, -0.25) is 4.72 Å². The number of rotatable bonds is 3. The fourth-order valence-electron chi connectivity index (χ4n) is 1.91. The number of nitrogens with one attached hydrogen (secondary N) is 1. The Hall–Kier alpha value is -1.23. The monoisotopic (exact) mass is 357 g/mol. The van der Waals surface area contributed by atoms with Gasteiger partial charge in [-0.25, -0.2) is 8.42 Å². The summed E-state index contributed by atoms with van der Waals surface area (Å²) in [5.74, 6) is 0. The molecule has 2 aromatic rings. The van der Waals surface area contributed by atoms with Gasteiger partial charge in [0.1, 0.15) is 0 Å². The number of halogens is 2. The largest absolute Gasteiger partial charge is 0.280 e. The number of benzene rings is 2. The fourth-order valence-corrected chi connectivity index (χ4v) is 3.26. The van der Waals surface area contributed by atoms with Crippen LogP contribution in [0.25, 0.3) is 0 Å². The van der Waals surface area contributed by atoms with Crippen LogP contribution in [0.3, 0.4) is 0 Å². The van der Waals surface area contributed by atoms with Crippen LogP contribution in [0.1, 0.15) is 26.3 Å². The zero-order chi connectivity index (χ0) is 16.5.